The molecule has 0 heterocycles. The second-order valence-corrected chi connectivity index (χ2v) is 11.5. The summed E-state index contributed by atoms with van der Waals surface area (Å²) in [4.78, 5) is 12.3. The Bertz CT molecular complexity index is 964. The smallest absolute Gasteiger partial charge is 0.338 e. The summed E-state index contributed by atoms with van der Waals surface area (Å²) in [6.45, 7) is 3.69. The predicted octanol–water partition coefficient (Wildman–Crippen LogP) is 4.12. The van der Waals surface area contributed by atoms with Crippen molar-refractivity contribution in [2.45, 2.75) is 64.8 Å². The Morgan fingerprint density at radius 2 is 1.94 bits per heavy atom. The molecule has 4 rings (SSSR count). The Labute approximate surface area is 194 Å². The highest BCUT2D eigenvalue weighted by atomic mass is 32.2. The summed E-state index contributed by atoms with van der Waals surface area (Å²) >= 11 is 0. The maximum absolute atomic E-state index is 14.5. The first kappa shape index (κ1) is 24.4. The Morgan fingerprint density at radius 1 is 1.18 bits per heavy atom. The number of ether oxygens (including phenoxy) is 3. The van der Waals surface area contributed by atoms with Gasteiger partial charge in [0.2, 0.25) is 6.29 Å². The molecule has 2 bridgehead atoms. The molecule has 3 fully saturated rings. The largest absolute Gasteiger partial charge is 0.748 e. The number of halogens is 1. The van der Waals surface area contributed by atoms with Crippen LogP contribution in [0.4, 0.5) is 4.39 Å². The van der Waals surface area contributed by atoms with Gasteiger partial charge in [-0.2, -0.15) is 0 Å². The molecule has 184 valence electrons. The van der Waals surface area contributed by atoms with Crippen molar-refractivity contribution < 1.29 is 36.4 Å². The van der Waals surface area contributed by atoms with Crippen LogP contribution in [0.1, 0.15) is 62.7 Å². The van der Waals surface area contributed by atoms with Crippen LogP contribution < -0.4 is 4.74 Å². The topological polar surface area (TPSA) is 102 Å². The number of hydrogen-bond donors (Lipinski definition) is 0. The number of benzene rings is 1. The first-order valence-corrected chi connectivity index (χ1v) is 13.4. The second-order valence-electron chi connectivity index (χ2n) is 9.96. The van der Waals surface area contributed by atoms with Gasteiger partial charge in [-0.05, 0) is 74.0 Å². The van der Waals surface area contributed by atoms with Crippen LogP contribution in [0.3, 0.4) is 0 Å². The molecular weight excluding hydrogens is 451 g/mol. The molecule has 0 aliphatic heterocycles. The molecule has 0 radical (unpaired) electrons. The maximum atomic E-state index is 14.5. The highest BCUT2D eigenvalue weighted by molar-refractivity contribution is 7.85. The molecule has 6 atom stereocenters. The molecule has 6 unspecified atom stereocenters. The molecule has 0 aromatic heterocycles. The van der Waals surface area contributed by atoms with Crippen LogP contribution in [0, 0.1) is 35.4 Å². The van der Waals surface area contributed by atoms with Gasteiger partial charge in [0.15, 0.2) is 11.6 Å². The van der Waals surface area contributed by atoms with Crippen molar-refractivity contribution >= 4 is 16.1 Å². The molecule has 1 aromatic carbocycles. The zero-order valence-corrected chi connectivity index (χ0v) is 19.9. The zero-order chi connectivity index (χ0) is 23.8. The van der Waals surface area contributed by atoms with Crippen LogP contribution in [0.25, 0.3) is 0 Å². The molecule has 0 N–H and O–H groups in total. The van der Waals surface area contributed by atoms with Crippen LogP contribution in [0.5, 0.6) is 5.75 Å². The molecule has 7 nitrogen and oxygen atoms in total. The lowest BCUT2D eigenvalue weighted by Gasteiger charge is -2.35. The van der Waals surface area contributed by atoms with Gasteiger partial charge in [-0.15, -0.1) is 0 Å². The van der Waals surface area contributed by atoms with E-state index in [1.54, 1.807) is 0 Å². The van der Waals surface area contributed by atoms with E-state index < -0.39 is 33.9 Å². The summed E-state index contributed by atoms with van der Waals surface area (Å²) in [5, 5.41) is 0. The standard InChI is InChI=1S/C24H33FO7S/c1-14(2)24(31-21-13-16-11-19(21)18-6-3-5-17(16)18)32-22-12-15(7-8-20(22)25)23(26)30-9-4-10-33(27,28)29/h7-8,12,14,16-19,21,24H,3-6,9-11,13H2,1-2H3,(H,27,28,29)/p-1. The van der Waals surface area contributed by atoms with Gasteiger partial charge in [-0.25, -0.2) is 17.6 Å². The number of rotatable bonds is 10. The third-order valence-corrected chi connectivity index (χ3v) is 8.19. The summed E-state index contributed by atoms with van der Waals surface area (Å²) in [7, 11) is -4.36. The molecule has 0 amide bonds. The summed E-state index contributed by atoms with van der Waals surface area (Å²) in [6, 6.07) is 3.68. The van der Waals surface area contributed by atoms with Crippen molar-refractivity contribution in [1.29, 1.82) is 0 Å². The second kappa shape index (κ2) is 9.88. The van der Waals surface area contributed by atoms with Crippen molar-refractivity contribution in [3.63, 3.8) is 0 Å². The monoisotopic (exact) mass is 483 g/mol. The lowest BCUT2D eigenvalue weighted by Crippen LogP contribution is -2.37. The van der Waals surface area contributed by atoms with E-state index in [2.05, 4.69) is 0 Å². The molecule has 3 aliphatic carbocycles. The summed E-state index contributed by atoms with van der Waals surface area (Å²) in [5.74, 6) is 0.793. The van der Waals surface area contributed by atoms with Crippen molar-refractivity contribution in [2.75, 3.05) is 12.4 Å². The van der Waals surface area contributed by atoms with Gasteiger partial charge >= 0.3 is 5.97 Å². The fourth-order valence-electron chi connectivity index (χ4n) is 5.98. The van der Waals surface area contributed by atoms with E-state index in [1.807, 2.05) is 13.8 Å². The van der Waals surface area contributed by atoms with Crippen LogP contribution in [-0.2, 0) is 19.6 Å². The lowest BCUT2D eigenvalue weighted by atomic mass is 9.80. The van der Waals surface area contributed by atoms with Crippen LogP contribution >= 0.6 is 0 Å². The minimum Gasteiger partial charge on any atom is -0.748 e. The summed E-state index contributed by atoms with van der Waals surface area (Å²) in [6.07, 6.45) is 5.55. The first-order valence-electron chi connectivity index (χ1n) is 11.8. The number of carbonyl (C=O) groups excluding carboxylic acids is 1. The van der Waals surface area contributed by atoms with E-state index in [4.69, 9.17) is 14.2 Å². The van der Waals surface area contributed by atoms with Crippen LogP contribution in [0.15, 0.2) is 18.2 Å². The number of esters is 1. The van der Waals surface area contributed by atoms with Crippen molar-refractivity contribution in [2.24, 2.45) is 29.6 Å². The number of hydrogen-bond acceptors (Lipinski definition) is 7. The average molecular weight is 484 g/mol. The zero-order valence-electron chi connectivity index (χ0n) is 19.1. The third kappa shape index (κ3) is 5.69. The number of fused-ring (bicyclic) bond motifs is 5. The first-order chi connectivity index (χ1) is 15.6. The fraction of sp³-hybridized carbons (Fsp3) is 0.708. The molecule has 0 saturated heterocycles. The molecule has 3 aliphatic rings. The normalized spacial score (nSPS) is 29.3. The van der Waals surface area contributed by atoms with Crippen LogP contribution in [-0.4, -0.2) is 43.7 Å². The molecule has 33 heavy (non-hydrogen) atoms. The van der Waals surface area contributed by atoms with Gasteiger partial charge in [0, 0.05) is 11.7 Å². The Morgan fingerprint density at radius 3 is 2.67 bits per heavy atom. The van der Waals surface area contributed by atoms with Gasteiger partial charge in [-0.1, -0.05) is 20.3 Å². The van der Waals surface area contributed by atoms with E-state index >= 15 is 0 Å². The lowest BCUT2D eigenvalue weighted by molar-refractivity contribution is -0.163. The highest BCUT2D eigenvalue weighted by Crippen LogP contribution is 2.59. The van der Waals surface area contributed by atoms with Crippen molar-refractivity contribution in [1.82, 2.24) is 0 Å². The van der Waals surface area contributed by atoms with Gasteiger partial charge in [0.05, 0.1) is 28.4 Å². The molecular formula is C24H32FO7S-. The van der Waals surface area contributed by atoms with Crippen molar-refractivity contribution in [3.05, 3.63) is 29.6 Å². The fourth-order valence-corrected chi connectivity index (χ4v) is 6.46. The highest BCUT2D eigenvalue weighted by Gasteiger charge is 2.54. The minimum absolute atomic E-state index is 0.0208. The van der Waals surface area contributed by atoms with E-state index in [-0.39, 0.29) is 36.4 Å². The van der Waals surface area contributed by atoms with Gasteiger partial charge in [0.1, 0.15) is 0 Å². The van der Waals surface area contributed by atoms with E-state index in [1.165, 1.54) is 37.8 Å². The average Bonchev–Trinajstić information content (AvgIpc) is 3.45. The van der Waals surface area contributed by atoms with Crippen LogP contribution in [0.2, 0.25) is 0 Å². The summed E-state index contributed by atoms with van der Waals surface area (Å²) < 4.78 is 63.7. The minimum atomic E-state index is -4.36. The molecule has 9 heteroatoms. The maximum Gasteiger partial charge on any atom is 0.338 e. The van der Waals surface area contributed by atoms with Gasteiger partial charge in [0.25, 0.3) is 0 Å². The SMILES string of the molecule is CC(C)C(Oc1cc(C(=O)OCCCS(=O)(=O)[O-])ccc1F)OC1CC2CC1C1CCCC21. The van der Waals surface area contributed by atoms with E-state index in [0.29, 0.717) is 5.92 Å². The third-order valence-electron chi connectivity index (χ3n) is 7.40. The number of carbonyl (C=O) groups is 1. The quantitative estimate of drug-likeness (QED) is 0.213. The van der Waals surface area contributed by atoms with E-state index in [0.717, 1.165) is 30.2 Å². The Kier molecular flexibility index (Phi) is 7.31. The summed E-state index contributed by atoms with van der Waals surface area (Å²) in [5.41, 5.74) is 0.0765. The van der Waals surface area contributed by atoms with Gasteiger partial charge in [-0.3, -0.25) is 0 Å². The van der Waals surface area contributed by atoms with E-state index in [9.17, 15) is 22.2 Å². The molecule has 3 saturated carbocycles. The molecule has 1 aromatic rings. The Hall–Kier alpha value is -1.71. The van der Waals surface area contributed by atoms with Gasteiger partial charge < -0.3 is 18.8 Å². The predicted molar refractivity (Wildman–Crippen MR) is 117 cm³/mol. The molecule has 0 spiro atoms. The van der Waals surface area contributed by atoms with Crippen molar-refractivity contribution in [3.8, 4) is 5.75 Å². The Balaban J connectivity index is 1.37.